The van der Waals surface area contributed by atoms with Crippen LogP contribution in [0.3, 0.4) is 0 Å². The number of rotatable bonds is 7. The normalized spacial score (nSPS) is 16.9. The molecule has 7 heteroatoms. The van der Waals surface area contributed by atoms with Crippen molar-refractivity contribution in [1.29, 1.82) is 0 Å². The van der Waals surface area contributed by atoms with Gasteiger partial charge in [0, 0.05) is 49.4 Å². The number of imidazole rings is 1. The molecule has 1 aliphatic heterocycles. The van der Waals surface area contributed by atoms with Crippen LogP contribution in [0.4, 0.5) is 0 Å². The summed E-state index contributed by atoms with van der Waals surface area (Å²) in [4.78, 5) is 12.1. The lowest BCUT2D eigenvalue weighted by Gasteiger charge is -2.09. The van der Waals surface area contributed by atoms with Gasteiger partial charge in [-0.1, -0.05) is 18.2 Å². The maximum absolute atomic E-state index is 5.56. The van der Waals surface area contributed by atoms with Gasteiger partial charge in [0.05, 0.1) is 20.0 Å². The topological polar surface area (TPSA) is 77.9 Å². The van der Waals surface area contributed by atoms with Crippen LogP contribution in [-0.2, 0) is 24.1 Å². The summed E-state index contributed by atoms with van der Waals surface area (Å²) >= 11 is 0. The van der Waals surface area contributed by atoms with Gasteiger partial charge in [-0.15, -0.1) is 0 Å². The molecule has 0 amide bonds. The molecule has 1 fully saturated rings. The Kier molecular flexibility index (Phi) is 4.97. The van der Waals surface area contributed by atoms with Crippen molar-refractivity contribution in [3.63, 3.8) is 0 Å². The van der Waals surface area contributed by atoms with Crippen molar-refractivity contribution < 1.29 is 9.47 Å². The average molecular weight is 353 g/mol. The first-order valence-electron chi connectivity index (χ1n) is 8.94. The molecule has 7 nitrogen and oxygen atoms in total. The summed E-state index contributed by atoms with van der Waals surface area (Å²) in [6.45, 7) is 2.28. The number of H-pyrrole nitrogens is 1. The van der Waals surface area contributed by atoms with Crippen LogP contribution in [0.15, 0.2) is 36.8 Å². The largest absolute Gasteiger partial charge is 0.496 e. The number of nitrogens with one attached hydrogen (secondary N) is 1. The van der Waals surface area contributed by atoms with Crippen LogP contribution >= 0.6 is 0 Å². The number of hydrogen-bond donors (Lipinski definition) is 1. The molecule has 1 aromatic carbocycles. The van der Waals surface area contributed by atoms with E-state index in [0.717, 1.165) is 61.3 Å². The zero-order chi connectivity index (χ0) is 17.8. The predicted octanol–water partition coefficient (Wildman–Crippen LogP) is 2.35. The van der Waals surface area contributed by atoms with Gasteiger partial charge in [0.15, 0.2) is 5.82 Å². The third-order valence-electron chi connectivity index (χ3n) is 4.73. The van der Waals surface area contributed by atoms with Crippen molar-refractivity contribution >= 4 is 0 Å². The van der Waals surface area contributed by atoms with Gasteiger partial charge in [-0.05, 0) is 12.5 Å². The summed E-state index contributed by atoms with van der Waals surface area (Å²) in [7, 11) is 1.69. The zero-order valence-corrected chi connectivity index (χ0v) is 14.9. The minimum atomic E-state index is 0.315. The van der Waals surface area contributed by atoms with Gasteiger partial charge in [0.25, 0.3) is 0 Å². The number of aromatic amines is 1. The second-order valence-electron chi connectivity index (χ2n) is 6.49. The second kappa shape index (κ2) is 7.70. The number of benzene rings is 1. The van der Waals surface area contributed by atoms with Crippen LogP contribution in [0, 0.1) is 0 Å². The summed E-state index contributed by atoms with van der Waals surface area (Å²) in [5.74, 6) is 3.02. The summed E-state index contributed by atoms with van der Waals surface area (Å²) < 4.78 is 13.1. The Bertz CT molecular complexity index is 837. The summed E-state index contributed by atoms with van der Waals surface area (Å²) in [5.41, 5.74) is 2.19. The van der Waals surface area contributed by atoms with Gasteiger partial charge in [-0.3, -0.25) is 0 Å². The minimum absolute atomic E-state index is 0.315. The highest BCUT2D eigenvalue weighted by atomic mass is 16.5. The van der Waals surface area contributed by atoms with Gasteiger partial charge in [-0.2, -0.15) is 5.10 Å². The van der Waals surface area contributed by atoms with E-state index in [1.807, 2.05) is 29.1 Å². The van der Waals surface area contributed by atoms with Crippen LogP contribution in [-0.4, -0.2) is 45.1 Å². The highest BCUT2D eigenvalue weighted by Crippen LogP contribution is 2.25. The molecule has 136 valence electrons. The highest BCUT2D eigenvalue weighted by molar-refractivity contribution is 5.35. The predicted molar refractivity (Wildman–Crippen MR) is 96.3 cm³/mol. The molecule has 3 aromatic rings. The van der Waals surface area contributed by atoms with Crippen molar-refractivity contribution in [3.05, 3.63) is 59.7 Å². The summed E-state index contributed by atoms with van der Waals surface area (Å²) in [6, 6.07) is 8.01. The molecule has 0 radical (unpaired) electrons. The van der Waals surface area contributed by atoms with Crippen molar-refractivity contribution in [1.82, 2.24) is 24.7 Å². The van der Waals surface area contributed by atoms with Crippen LogP contribution in [0.5, 0.6) is 5.75 Å². The number of nitrogens with zero attached hydrogens (tertiary/aromatic N) is 4. The van der Waals surface area contributed by atoms with Gasteiger partial charge >= 0.3 is 0 Å². The smallest absolute Gasteiger partial charge is 0.155 e. The lowest BCUT2D eigenvalue weighted by atomic mass is 10.1. The van der Waals surface area contributed by atoms with Crippen LogP contribution in [0.2, 0.25) is 0 Å². The van der Waals surface area contributed by atoms with Gasteiger partial charge in [0.1, 0.15) is 11.6 Å². The fraction of sp³-hybridized carbons (Fsp3) is 0.421. The quantitative estimate of drug-likeness (QED) is 0.705. The molecule has 3 heterocycles. The molecule has 2 aromatic heterocycles. The van der Waals surface area contributed by atoms with Crippen LogP contribution in [0.25, 0.3) is 0 Å². The molecule has 0 bridgehead atoms. The molecule has 0 aliphatic carbocycles. The Labute approximate surface area is 152 Å². The molecule has 1 aliphatic rings. The van der Waals surface area contributed by atoms with Crippen molar-refractivity contribution in [2.24, 2.45) is 0 Å². The monoisotopic (exact) mass is 353 g/mol. The summed E-state index contributed by atoms with van der Waals surface area (Å²) in [6.07, 6.45) is 6.05. The SMILES string of the molecule is COc1ccccc1Cc1nc([C@H]2CCOC2)n(CCc2cnc[nH]2)n1. The standard InChI is InChI=1S/C19H23N5O2/c1-25-17-5-3-2-4-14(17)10-18-22-19(15-7-9-26-12-15)24(23-18)8-6-16-11-20-13-21-16/h2-5,11,13,15H,6-10,12H2,1H3,(H,20,21)/t15-/m0/s1. The van der Waals surface area contributed by atoms with E-state index >= 15 is 0 Å². The van der Waals surface area contributed by atoms with Gasteiger partial charge < -0.3 is 14.5 Å². The van der Waals surface area contributed by atoms with E-state index in [1.54, 1.807) is 13.4 Å². The lowest BCUT2D eigenvalue weighted by Crippen LogP contribution is -2.12. The first-order valence-corrected chi connectivity index (χ1v) is 8.94. The molecule has 4 rings (SSSR count). The Morgan fingerprint density at radius 2 is 2.27 bits per heavy atom. The summed E-state index contributed by atoms with van der Waals surface area (Å²) in [5, 5.41) is 4.79. The molecular weight excluding hydrogens is 330 g/mol. The van der Waals surface area contributed by atoms with Crippen LogP contribution < -0.4 is 4.74 Å². The van der Waals surface area contributed by atoms with E-state index in [2.05, 4.69) is 16.0 Å². The Balaban J connectivity index is 1.57. The molecular formula is C19H23N5O2. The van der Waals surface area contributed by atoms with E-state index < -0.39 is 0 Å². The van der Waals surface area contributed by atoms with Crippen molar-refractivity contribution in [2.75, 3.05) is 20.3 Å². The third kappa shape index (κ3) is 3.62. The Morgan fingerprint density at radius 1 is 1.35 bits per heavy atom. The number of hydrogen-bond acceptors (Lipinski definition) is 5. The van der Waals surface area contributed by atoms with E-state index in [9.17, 15) is 0 Å². The minimum Gasteiger partial charge on any atom is -0.496 e. The van der Waals surface area contributed by atoms with E-state index in [4.69, 9.17) is 19.6 Å². The second-order valence-corrected chi connectivity index (χ2v) is 6.49. The zero-order valence-electron chi connectivity index (χ0n) is 14.9. The molecule has 1 N–H and O–H groups in total. The van der Waals surface area contributed by atoms with E-state index in [0.29, 0.717) is 12.3 Å². The molecule has 0 saturated carbocycles. The maximum Gasteiger partial charge on any atom is 0.155 e. The number of para-hydroxylation sites is 1. The van der Waals surface area contributed by atoms with Crippen molar-refractivity contribution in [2.45, 2.75) is 31.7 Å². The number of aryl methyl sites for hydroxylation is 2. The fourth-order valence-corrected chi connectivity index (χ4v) is 3.35. The molecule has 0 unspecified atom stereocenters. The van der Waals surface area contributed by atoms with E-state index in [1.165, 1.54) is 0 Å². The number of aromatic nitrogens is 5. The third-order valence-corrected chi connectivity index (χ3v) is 4.73. The average Bonchev–Trinajstić information content (AvgIpc) is 3.41. The molecule has 26 heavy (non-hydrogen) atoms. The van der Waals surface area contributed by atoms with E-state index in [-0.39, 0.29) is 0 Å². The first-order chi connectivity index (χ1) is 12.8. The van der Waals surface area contributed by atoms with Crippen LogP contribution in [0.1, 0.15) is 35.2 Å². The first kappa shape index (κ1) is 16.8. The molecule has 1 atom stereocenters. The van der Waals surface area contributed by atoms with Crippen molar-refractivity contribution in [3.8, 4) is 5.75 Å². The number of methoxy groups -OCH3 is 1. The maximum atomic E-state index is 5.56. The Morgan fingerprint density at radius 3 is 3.04 bits per heavy atom. The Hall–Kier alpha value is -2.67. The molecule has 0 spiro atoms. The number of ether oxygens (including phenoxy) is 2. The lowest BCUT2D eigenvalue weighted by molar-refractivity contribution is 0.192. The fourth-order valence-electron chi connectivity index (χ4n) is 3.35. The highest BCUT2D eigenvalue weighted by Gasteiger charge is 2.24. The van der Waals surface area contributed by atoms with Gasteiger partial charge in [-0.25, -0.2) is 14.6 Å². The van der Waals surface area contributed by atoms with Gasteiger partial charge in [0.2, 0.25) is 0 Å². The molecule has 1 saturated heterocycles.